The first kappa shape index (κ1) is 28.7. The first-order chi connectivity index (χ1) is 19.0. The molecule has 8 nitrogen and oxygen atoms in total. The van der Waals surface area contributed by atoms with Gasteiger partial charge in [-0.3, -0.25) is 14.4 Å². The molecular formula is C31H43FN2O6. The van der Waals surface area contributed by atoms with E-state index < -0.39 is 23.1 Å². The number of rotatable bonds is 9. The fourth-order valence-corrected chi connectivity index (χ4v) is 7.35. The van der Waals surface area contributed by atoms with Crippen LogP contribution in [0.3, 0.4) is 0 Å². The van der Waals surface area contributed by atoms with E-state index >= 15 is 0 Å². The van der Waals surface area contributed by atoms with Crippen LogP contribution in [0.4, 0.5) is 4.39 Å². The number of fused-ring (bicyclic) bond motifs is 3. The maximum absolute atomic E-state index is 15.0. The molecule has 2 atom stereocenters. The third-order valence-electron chi connectivity index (χ3n) is 10.4. The Labute approximate surface area is 235 Å². The molecule has 0 radical (unpaired) electrons. The highest BCUT2D eigenvalue weighted by Gasteiger charge is 2.48. The fraction of sp³-hybridized carbons (Fsp3) is 0.710. The quantitative estimate of drug-likeness (QED) is 0.389. The molecule has 6 rings (SSSR count). The molecule has 1 aromatic rings. The summed E-state index contributed by atoms with van der Waals surface area (Å²) >= 11 is 0. The normalized spacial score (nSPS) is 32.5. The van der Waals surface area contributed by atoms with Crippen molar-refractivity contribution < 1.29 is 33.4 Å². The van der Waals surface area contributed by atoms with Gasteiger partial charge in [-0.25, -0.2) is 4.39 Å². The average molecular weight is 559 g/mol. The number of carbonyl (C=O) groups excluding carboxylic acids is 2. The SMILES string of the molecule is COc1cc(F)c(OC2CCC(C)(C(=O)O)CC2)cc1C(=O)N[C@H]1C2CCC(CC2)[C@H]1C(=O)NCC1(C)CCC1. The predicted octanol–water partition coefficient (Wildman–Crippen LogP) is 5.09. The molecule has 0 aromatic heterocycles. The van der Waals surface area contributed by atoms with E-state index in [1.807, 2.05) is 0 Å². The topological polar surface area (TPSA) is 114 Å². The highest BCUT2D eigenvalue weighted by atomic mass is 19.1. The Kier molecular flexibility index (Phi) is 8.03. The van der Waals surface area contributed by atoms with Gasteiger partial charge in [0.25, 0.3) is 5.91 Å². The van der Waals surface area contributed by atoms with Crippen LogP contribution < -0.4 is 20.1 Å². The molecule has 0 saturated heterocycles. The number of methoxy groups -OCH3 is 1. The smallest absolute Gasteiger partial charge is 0.309 e. The van der Waals surface area contributed by atoms with Gasteiger partial charge in [0.15, 0.2) is 11.6 Å². The second-order valence-electron chi connectivity index (χ2n) is 13.2. The minimum atomic E-state index is -0.832. The van der Waals surface area contributed by atoms with Crippen LogP contribution in [0.15, 0.2) is 12.1 Å². The van der Waals surface area contributed by atoms with Gasteiger partial charge in [0.2, 0.25) is 5.91 Å². The standard InChI is InChI=1S/C31H43FN2O6/c1-30(11-4-12-30)17-33-28(36)25-18-5-7-19(8-6-18)26(25)34-27(35)21-15-24(22(32)16-23(21)39-3)40-20-9-13-31(2,14-10-20)29(37)38/h15-16,18-20,25-26H,4-14,17H2,1-3H3,(H,33,36)(H,34,35)(H,37,38)/t18?,19?,20?,25-,26+,31?/m1/s1. The Balaban J connectivity index is 1.30. The Morgan fingerprint density at radius 1 is 0.975 bits per heavy atom. The van der Waals surface area contributed by atoms with Crippen molar-refractivity contribution in [2.24, 2.45) is 28.6 Å². The summed E-state index contributed by atoms with van der Waals surface area (Å²) in [5, 5.41) is 15.8. The van der Waals surface area contributed by atoms with Crippen molar-refractivity contribution in [1.29, 1.82) is 0 Å². The number of halogens is 1. The number of ether oxygens (including phenoxy) is 2. The summed E-state index contributed by atoms with van der Waals surface area (Å²) in [6.45, 7) is 4.60. The summed E-state index contributed by atoms with van der Waals surface area (Å²) in [5.41, 5.74) is -0.473. The fourth-order valence-electron chi connectivity index (χ4n) is 7.35. The number of benzene rings is 1. The van der Waals surface area contributed by atoms with Crippen molar-refractivity contribution in [2.75, 3.05) is 13.7 Å². The van der Waals surface area contributed by atoms with Crippen molar-refractivity contribution in [3.05, 3.63) is 23.5 Å². The molecule has 0 heterocycles. The van der Waals surface area contributed by atoms with Gasteiger partial charge < -0.3 is 25.2 Å². The maximum atomic E-state index is 15.0. The lowest BCUT2D eigenvalue weighted by atomic mass is 9.61. The number of hydrogen-bond donors (Lipinski definition) is 3. The zero-order valence-corrected chi connectivity index (χ0v) is 23.9. The Bertz CT molecular complexity index is 1130. The van der Waals surface area contributed by atoms with E-state index in [4.69, 9.17) is 9.47 Å². The van der Waals surface area contributed by atoms with Crippen LogP contribution in [-0.4, -0.2) is 48.7 Å². The molecule has 40 heavy (non-hydrogen) atoms. The van der Waals surface area contributed by atoms with Crippen molar-refractivity contribution in [2.45, 2.75) is 96.6 Å². The van der Waals surface area contributed by atoms with Crippen molar-refractivity contribution in [3.8, 4) is 11.5 Å². The van der Waals surface area contributed by atoms with Crippen molar-refractivity contribution in [1.82, 2.24) is 10.6 Å². The van der Waals surface area contributed by atoms with Crippen LogP contribution in [0.1, 0.15) is 94.8 Å². The molecule has 9 heteroatoms. The maximum Gasteiger partial charge on any atom is 0.309 e. The molecule has 0 aliphatic heterocycles. The third kappa shape index (κ3) is 5.66. The van der Waals surface area contributed by atoms with Crippen LogP contribution in [0, 0.1) is 34.4 Å². The summed E-state index contributed by atoms with van der Waals surface area (Å²) in [6.07, 6.45) is 8.88. The molecule has 220 valence electrons. The van der Waals surface area contributed by atoms with E-state index in [1.54, 1.807) is 6.92 Å². The third-order valence-corrected chi connectivity index (χ3v) is 10.4. The van der Waals surface area contributed by atoms with Crippen LogP contribution in [-0.2, 0) is 9.59 Å². The zero-order chi connectivity index (χ0) is 28.7. The highest BCUT2D eigenvalue weighted by Crippen LogP contribution is 2.46. The number of carbonyl (C=O) groups is 3. The van der Waals surface area contributed by atoms with Crippen molar-refractivity contribution in [3.63, 3.8) is 0 Å². The Morgan fingerprint density at radius 3 is 2.20 bits per heavy atom. The molecule has 0 unspecified atom stereocenters. The van der Waals surface area contributed by atoms with E-state index in [-0.39, 0.29) is 58.3 Å². The highest BCUT2D eigenvalue weighted by molar-refractivity contribution is 5.98. The van der Waals surface area contributed by atoms with Crippen LogP contribution in [0.2, 0.25) is 0 Å². The van der Waals surface area contributed by atoms with E-state index in [1.165, 1.54) is 19.6 Å². The number of nitrogens with one attached hydrogen (secondary N) is 2. The lowest BCUT2D eigenvalue weighted by molar-refractivity contribution is -0.150. The molecule has 5 aliphatic rings. The van der Waals surface area contributed by atoms with Gasteiger partial charge in [-0.15, -0.1) is 0 Å². The number of aliphatic carboxylic acids is 1. The summed E-state index contributed by atoms with van der Waals surface area (Å²) in [6, 6.07) is 2.24. The Morgan fingerprint density at radius 2 is 1.62 bits per heavy atom. The van der Waals surface area contributed by atoms with Crippen LogP contribution in [0.5, 0.6) is 11.5 Å². The van der Waals surface area contributed by atoms with Gasteiger partial charge in [0, 0.05) is 18.7 Å². The van der Waals surface area contributed by atoms with Gasteiger partial charge in [-0.05, 0) is 94.4 Å². The molecule has 5 saturated carbocycles. The van der Waals surface area contributed by atoms with E-state index in [0.717, 1.165) is 44.6 Å². The largest absolute Gasteiger partial charge is 0.496 e. The van der Waals surface area contributed by atoms with Gasteiger partial charge in [-0.1, -0.05) is 13.3 Å². The molecule has 2 amide bonds. The first-order valence-corrected chi connectivity index (χ1v) is 14.9. The van der Waals surface area contributed by atoms with E-state index in [9.17, 15) is 23.9 Å². The summed E-state index contributed by atoms with van der Waals surface area (Å²) in [4.78, 5) is 38.7. The monoisotopic (exact) mass is 558 g/mol. The van der Waals surface area contributed by atoms with Gasteiger partial charge >= 0.3 is 5.97 Å². The number of hydrogen-bond acceptors (Lipinski definition) is 5. The lowest BCUT2D eigenvalue weighted by Crippen LogP contribution is -2.58. The summed E-state index contributed by atoms with van der Waals surface area (Å²) in [5.74, 6) is -1.64. The van der Waals surface area contributed by atoms with E-state index in [0.29, 0.717) is 32.2 Å². The zero-order valence-electron chi connectivity index (χ0n) is 23.9. The number of carboxylic acid groups (broad SMARTS) is 1. The molecule has 2 bridgehead atoms. The summed E-state index contributed by atoms with van der Waals surface area (Å²) in [7, 11) is 1.39. The summed E-state index contributed by atoms with van der Waals surface area (Å²) < 4.78 is 26.3. The Hall–Kier alpha value is -2.84. The van der Waals surface area contributed by atoms with Crippen LogP contribution >= 0.6 is 0 Å². The minimum Gasteiger partial charge on any atom is -0.496 e. The van der Waals surface area contributed by atoms with Gasteiger partial charge in [0.05, 0.1) is 30.1 Å². The molecular weight excluding hydrogens is 515 g/mol. The van der Waals surface area contributed by atoms with Crippen molar-refractivity contribution >= 4 is 17.8 Å². The number of amides is 2. The molecule has 3 N–H and O–H groups in total. The molecule has 5 aliphatic carbocycles. The second-order valence-corrected chi connectivity index (χ2v) is 13.2. The average Bonchev–Trinajstić information content (AvgIpc) is 2.93. The van der Waals surface area contributed by atoms with Crippen LogP contribution in [0.25, 0.3) is 0 Å². The molecule has 0 spiro atoms. The predicted molar refractivity (Wildman–Crippen MR) is 147 cm³/mol. The number of carboxylic acids is 1. The molecule has 1 aromatic carbocycles. The van der Waals surface area contributed by atoms with Gasteiger partial charge in [-0.2, -0.15) is 0 Å². The first-order valence-electron chi connectivity index (χ1n) is 14.9. The van der Waals surface area contributed by atoms with Gasteiger partial charge in [0.1, 0.15) is 5.75 Å². The lowest BCUT2D eigenvalue weighted by Gasteiger charge is -2.48. The molecule has 5 fully saturated rings. The minimum absolute atomic E-state index is 0.0218. The van der Waals surface area contributed by atoms with E-state index in [2.05, 4.69) is 17.6 Å². The second kappa shape index (κ2) is 11.2.